The highest BCUT2D eigenvalue weighted by atomic mass is 16.7. The average Bonchev–Trinajstić information content (AvgIpc) is 3.21. The normalized spacial score (nSPS) is 18.2. The maximum absolute atomic E-state index is 6.19. The highest BCUT2D eigenvalue weighted by molar-refractivity contribution is 6.62. The first-order valence-corrected chi connectivity index (χ1v) is 9.65. The van der Waals surface area contributed by atoms with Crippen LogP contribution in [0.25, 0.3) is 32.9 Å². The van der Waals surface area contributed by atoms with Gasteiger partial charge in [-0.05, 0) is 73.3 Å². The summed E-state index contributed by atoms with van der Waals surface area (Å²) >= 11 is 0. The monoisotopic (exact) mass is 370 g/mol. The Kier molecular flexibility index (Phi) is 3.70. The van der Waals surface area contributed by atoms with Crippen molar-refractivity contribution in [3.8, 4) is 11.1 Å². The predicted molar refractivity (Wildman–Crippen MR) is 115 cm³/mol. The van der Waals surface area contributed by atoms with Crippen molar-refractivity contribution in [2.75, 3.05) is 0 Å². The third-order valence-corrected chi connectivity index (χ3v) is 6.14. The third kappa shape index (κ3) is 2.74. The van der Waals surface area contributed by atoms with E-state index in [1.807, 2.05) is 6.07 Å². The summed E-state index contributed by atoms with van der Waals surface area (Å²) in [5.74, 6) is 0. The maximum atomic E-state index is 6.19. The number of imidazole rings is 1. The molecule has 1 N–H and O–H groups in total. The minimum atomic E-state index is -0.336. The molecule has 1 fully saturated rings. The predicted octanol–water partition coefficient (Wildman–Crippen LogP) is 4.68. The van der Waals surface area contributed by atoms with Gasteiger partial charge in [-0.2, -0.15) is 0 Å². The molecular formula is C23H23BN2O2. The summed E-state index contributed by atoms with van der Waals surface area (Å²) in [5.41, 5.74) is 4.79. The lowest BCUT2D eigenvalue weighted by Crippen LogP contribution is -2.41. The Hall–Kier alpha value is -2.63. The Morgan fingerprint density at radius 3 is 2.21 bits per heavy atom. The average molecular weight is 370 g/mol. The van der Waals surface area contributed by atoms with Gasteiger partial charge in [0, 0.05) is 0 Å². The number of aromatic amines is 1. The van der Waals surface area contributed by atoms with Crippen molar-refractivity contribution in [1.82, 2.24) is 9.97 Å². The molecule has 0 aliphatic carbocycles. The van der Waals surface area contributed by atoms with Crippen LogP contribution in [0.3, 0.4) is 0 Å². The number of rotatable bonds is 2. The molecule has 0 amide bonds. The van der Waals surface area contributed by atoms with E-state index in [-0.39, 0.29) is 18.3 Å². The van der Waals surface area contributed by atoms with Crippen LogP contribution < -0.4 is 5.46 Å². The van der Waals surface area contributed by atoms with Crippen LogP contribution in [0.15, 0.2) is 60.9 Å². The van der Waals surface area contributed by atoms with Gasteiger partial charge in [-0.25, -0.2) is 4.98 Å². The second-order valence-electron chi connectivity index (χ2n) is 8.54. The summed E-state index contributed by atoms with van der Waals surface area (Å²) in [6, 6.07) is 19.3. The smallest absolute Gasteiger partial charge is 0.399 e. The van der Waals surface area contributed by atoms with Gasteiger partial charge in [0.05, 0.1) is 28.6 Å². The van der Waals surface area contributed by atoms with Crippen LogP contribution in [0.5, 0.6) is 0 Å². The van der Waals surface area contributed by atoms with Gasteiger partial charge < -0.3 is 14.3 Å². The second-order valence-corrected chi connectivity index (χ2v) is 8.54. The molecule has 0 spiro atoms. The van der Waals surface area contributed by atoms with Gasteiger partial charge >= 0.3 is 7.12 Å². The van der Waals surface area contributed by atoms with E-state index in [4.69, 9.17) is 9.31 Å². The molecule has 2 heterocycles. The Morgan fingerprint density at radius 2 is 1.43 bits per heavy atom. The van der Waals surface area contributed by atoms with Crippen molar-refractivity contribution in [3.63, 3.8) is 0 Å². The van der Waals surface area contributed by atoms with Crippen molar-refractivity contribution in [2.24, 2.45) is 0 Å². The minimum absolute atomic E-state index is 0.332. The molecule has 0 bridgehead atoms. The molecule has 3 aromatic carbocycles. The lowest BCUT2D eigenvalue weighted by atomic mass is 9.78. The number of aromatic nitrogens is 2. The molecule has 0 radical (unpaired) electrons. The van der Waals surface area contributed by atoms with E-state index >= 15 is 0 Å². The van der Waals surface area contributed by atoms with Crippen molar-refractivity contribution in [1.29, 1.82) is 0 Å². The summed E-state index contributed by atoms with van der Waals surface area (Å²) in [6.45, 7) is 8.32. The fraction of sp³-hybridized carbons (Fsp3) is 0.261. The largest absolute Gasteiger partial charge is 0.494 e. The van der Waals surface area contributed by atoms with Gasteiger partial charge in [-0.1, -0.05) is 36.4 Å². The van der Waals surface area contributed by atoms with Gasteiger partial charge in [0.2, 0.25) is 0 Å². The first-order chi connectivity index (χ1) is 13.3. The van der Waals surface area contributed by atoms with Gasteiger partial charge in [0.25, 0.3) is 0 Å². The molecular weight excluding hydrogens is 347 g/mol. The second kappa shape index (κ2) is 5.93. The first kappa shape index (κ1) is 17.5. The Bertz CT molecular complexity index is 1180. The van der Waals surface area contributed by atoms with Gasteiger partial charge in [-0.3, -0.25) is 0 Å². The third-order valence-electron chi connectivity index (χ3n) is 6.14. The summed E-state index contributed by atoms with van der Waals surface area (Å²) in [4.78, 5) is 7.47. The number of hydrogen-bond donors (Lipinski definition) is 1. The molecule has 1 aliphatic rings. The summed E-state index contributed by atoms with van der Waals surface area (Å²) in [5, 5.41) is 2.38. The number of nitrogens with zero attached hydrogens (tertiary/aromatic N) is 1. The molecule has 4 aromatic rings. The van der Waals surface area contributed by atoms with Gasteiger partial charge in [-0.15, -0.1) is 0 Å². The quantitative estimate of drug-likeness (QED) is 0.521. The van der Waals surface area contributed by atoms with Crippen molar-refractivity contribution in [3.05, 3.63) is 60.9 Å². The number of fused-ring (bicyclic) bond motifs is 2. The Morgan fingerprint density at radius 1 is 0.786 bits per heavy atom. The van der Waals surface area contributed by atoms with E-state index < -0.39 is 0 Å². The molecule has 5 rings (SSSR count). The molecule has 1 aromatic heterocycles. The Labute approximate surface area is 165 Å². The van der Waals surface area contributed by atoms with Crippen LogP contribution in [0.2, 0.25) is 0 Å². The van der Waals surface area contributed by atoms with E-state index in [0.717, 1.165) is 16.5 Å². The number of nitrogens with one attached hydrogen (secondary N) is 1. The molecule has 1 saturated heterocycles. The Balaban J connectivity index is 1.50. The molecule has 28 heavy (non-hydrogen) atoms. The van der Waals surface area contributed by atoms with Crippen molar-refractivity contribution in [2.45, 2.75) is 38.9 Å². The van der Waals surface area contributed by atoms with Crippen molar-refractivity contribution >= 4 is 34.4 Å². The topological polar surface area (TPSA) is 47.1 Å². The number of benzene rings is 3. The van der Waals surface area contributed by atoms with Crippen LogP contribution in [-0.4, -0.2) is 28.3 Å². The summed E-state index contributed by atoms with van der Waals surface area (Å²) in [6.07, 6.45) is 1.73. The standard InChI is InChI=1S/C23H23BN2O2/c1-22(2)23(3,4)28-24(27-22)19-9-7-16-11-15(5-6-17(16)12-19)18-8-10-20-21(13-18)26-14-25-20/h5-14H,1-4H3,(H,25,26). The molecule has 5 heteroatoms. The molecule has 1 aliphatic heterocycles. The van der Waals surface area contributed by atoms with E-state index in [1.54, 1.807) is 6.33 Å². The first-order valence-electron chi connectivity index (χ1n) is 9.65. The minimum Gasteiger partial charge on any atom is -0.399 e. The van der Waals surface area contributed by atoms with Crippen LogP contribution in [0.4, 0.5) is 0 Å². The highest BCUT2D eigenvalue weighted by Crippen LogP contribution is 2.36. The lowest BCUT2D eigenvalue weighted by Gasteiger charge is -2.32. The van der Waals surface area contributed by atoms with Crippen LogP contribution in [0, 0.1) is 0 Å². The molecule has 4 nitrogen and oxygen atoms in total. The maximum Gasteiger partial charge on any atom is 0.494 e. The van der Waals surface area contributed by atoms with Crippen LogP contribution in [-0.2, 0) is 9.31 Å². The van der Waals surface area contributed by atoms with E-state index in [1.165, 1.54) is 21.9 Å². The zero-order valence-corrected chi connectivity index (χ0v) is 16.6. The lowest BCUT2D eigenvalue weighted by molar-refractivity contribution is 0.00578. The molecule has 0 atom stereocenters. The van der Waals surface area contributed by atoms with Crippen LogP contribution >= 0.6 is 0 Å². The van der Waals surface area contributed by atoms with Crippen molar-refractivity contribution < 1.29 is 9.31 Å². The van der Waals surface area contributed by atoms with E-state index in [9.17, 15) is 0 Å². The van der Waals surface area contributed by atoms with E-state index in [2.05, 4.69) is 86.2 Å². The fourth-order valence-corrected chi connectivity index (χ4v) is 3.68. The van der Waals surface area contributed by atoms with Crippen LogP contribution in [0.1, 0.15) is 27.7 Å². The zero-order chi connectivity index (χ0) is 19.5. The van der Waals surface area contributed by atoms with Gasteiger partial charge in [0.15, 0.2) is 0 Å². The number of hydrogen-bond acceptors (Lipinski definition) is 3. The molecule has 0 saturated carbocycles. The van der Waals surface area contributed by atoms with Gasteiger partial charge in [0.1, 0.15) is 0 Å². The SMILES string of the molecule is CC1(C)OB(c2ccc3cc(-c4ccc5nc[nH]c5c4)ccc3c2)OC1(C)C. The fourth-order valence-electron chi connectivity index (χ4n) is 3.68. The number of H-pyrrole nitrogens is 1. The zero-order valence-electron chi connectivity index (χ0n) is 16.6. The van der Waals surface area contributed by atoms with E-state index in [0.29, 0.717) is 0 Å². The highest BCUT2D eigenvalue weighted by Gasteiger charge is 2.51. The molecule has 0 unspecified atom stereocenters. The summed E-state index contributed by atoms with van der Waals surface area (Å²) < 4.78 is 12.4. The summed E-state index contributed by atoms with van der Waals surface area (Å²) in [7, 11) is -0.336. The molecule has 140 valence electrons.